The fourth-order valence-corrected chi connectivity index (χ4v) is 4.64. The van der Waals surface area contributed by atoms with Crippen molar-refractivity contribution in [3.05, 3.63) is 48.6 Å². The first-order valence-electron chi connectivity index (χ1n) is 14.6. The highest BCUT2D eigenvalue weighted by molar-refractivity contribution is 6.38. The van der Waals surface area contributed by atoms with Crippen molar-refractivity contribution in [1.82, 2.24) is 26.2 Å². The van der Waals surface area contributed by atoms with Crippen molar-refractivity contribution < 1.29 is 33.5 Å². The first-order chi connectivity index (χ1) is 20.3. The standard InChI is InChI=1S/C31H45N5O7/c1-7-13-22(24(37)27(39)32-17-8-2)34-26(38)23-16-12-18-36(23)28(40)25(31(4,5)6)35-30(42)33-20(3)29(41)43-19-21-14-10-9-11-15-21/h8-11,14-15,20,22-23,25H,2,7,12-13,16-19H2,1,3-6H3,(H,32,39)(H,34,38)(H2,33,35,42). The van der Waals surface area contributed by atoms with E-state index >= 15 is 0 Å². The van der Waals surface area contributed by atoms with Crippen LogP contribution < -0.4 is 21.3 Å². The minimum Gasteiger partial charge on any atom is -0.459 e. The summed E-state index contributed by atoms with van der Waals surface area (Å²) in [6.07, 6.45) is 3.15. The molecule has 4 N–H and O–H groups in total. The molecule has 5 amide bonds. The number of carbonyl (C=O) groups excluding carboxylic acids is 6. The zero-order valence-electron chi connectivity index (χ0n) is 25.7. The van der Waals surface area contributed by atoms with Gasteiger partial charge in [-0.15, -0.1) is 6.58 Å². The SMILES string of the molecule is C=CCNC(=O)C(=O)C(CCC)NC(=O)C1CCCN1C(=O)C(NC(=O)NC(C)C(=O)OCc1ccccc1)C(C)(C)C. The zero-order valence-corrected chi connectivity index (χ0v) is 25.7. The Bertz CT molecular complexity index is 1160. The largest absolute Gasteiger partial charge is 0.459 e. The highest BCUT2D eigenvalue weighted by atomic mass is 16.5. The third-order valence-electron chi connectivity index (χ3n) is 6.99. The van der Waals surface area contributed by atoms with Crippen LogP contribution in [0.5, 0.6) is 0 Å². The van der Waals surface area contributed by atoms with Crippen LogP contribution in [0.15, 0.2) is 43.0 Å². The fourth-order valence-electron chi connectivity index (χ4n) is 4.64. The van der Waals surface area contributed by atoms with Crippen LogP contribution in [0.1, 0.15) is 65.9 Å². The molecule has 1 fully saturated rings. The normalized spacial score (nSPS) is 16.7. The smallest absolute Gasteiger partial charge is 0.328 e. The molecule has 0 saturated carbocycles. The lowest BCUT2D eigenvalue weighted by atomic mass is 9.85. The number of likely N-dealkylation sites (tertiary alicyclic amines) is 1. The maximum atomic E-state index is 13.8. The van der Waals surface area contributed by atoms with Crippen LogP contribution in [0.2, 0.25) is 0 Å². The molecule has 1 aromatic rings. The molecule has 1 aromatic carbocycles. The van der Waals surface area contributed by atoms with Crippen molar-refractivity contribution in [2.45, 2.75) is 91.1 Å². The number of hydrogen-bond acceptors (Lipinski definition) is 7. The molecule has 43 heavy (non-hydrogen) atoms. The van der Waals surface area contributed by atoms with Crippen LogP contribution in [0.3, 0.4) is 0 Å². The van der Waals surface area contributed by atoms with E-state index in [9.17, 15) is 28.8 Å². The van der Waals surface area contributed by atoms with Crippen LogP contribution in [-0.2, 0) is 35.3 Å². The van der Waals surface area contributed by atoms with E-state index in [0.717, 1.165) is 5.56 Å². The molecule has 12 heteroatoms. The number of ketones is 1. The Morgan fingerprint density at radius 3 is 2.35 bits per heavy atom. The van der Waals surface area contributed by atoms with Gasteiger partial charge in [-0.1, -0.05) is 70.5 Å². The molecular formula is C31H45N5O7. The highest BCUT2D eigenvalue weighted by Gasteiger charge is 2.43. The third kappa shape index (κ3) is 10.5. The third-order valence-corrected chi connectivity index (χ3v) is 6.99. The maximum Gasteiger partial charge on any atom is 0.328 e. The number of esters is 1. The Hall–Kier alpha value is -4.22. The predicted octanol–water partition coefficient (Wildman–Crippen LogP) is 1.98. The van der Waals surface area contributed by atoms with Crippen molar-refractivity contribution in [1.29, 1.82) is 0 Å². The Balaban J connectivity index is 2.06. The van der Waals surface area contributed by atoms with Gasteiger partial charge in [0.25, 0.3) is 5.91 Å². The zero-order chi connectivity index (χ0) is 32.2. The molecule has 12 nitrogen and oxygen atoms in total. The van der Waals surface area contributed by atoms with Gasteiger partial charge < -0.3 is 30.9 Å². The van der Waals surface area contributed by atoms with Crippen molar-refractivity contribution in [3.63, 3.8) is 0 Å². The van der Waals surface area contributed by atoms with Crippen LogP contribution in [0.4, 0.5) is 4.79 Å². The topological polar surface area (TPSA) is 163 Å². The van der Waals surface area contributed by atoms with Crippen molar-refractivity contribution in [2.75, 3.05) is 13.1 Å². The van der Waals surface area contributed by atoms with E-state index in [4.69, 9.17) is 4.74 Å². The number of ether oxygens (including phenoxy) is 1. The van der Waals surface area contributed by atoms with E-state index in [1.165, 1.54) is 17.9 Å². The van der Waals surface area contributed by atoms with E-state index < -0.39 is 65.1 Å². The molecular weight excluding hydrogens is 554 g/mol. The Morgan fingerprint density at radius 2 is 1.74 bits per heavy atom. The number of Topliss-reactive ketones (excluding diaryl/α,β-unsaturated/α-hetero) is 1. The Kier molecular flexibility index (Phi) is 13.4. The second-order valence-electron chi connectivity index (χ2n) is 11.6. The quantitative estimate of drug-likeness (QED) is 0.144. The van der Waals surface area contributed by atoms with Gasteiger partial charge >= 0.3 is 12.0 Å². The molecule has 0 radical (unpaired) electrons. The summed E-state index contributed by atoms with van der Waals surface area (Å²) in [4.78, 5) is 78.7. The molecule has 0 spiro atoms. The molecule has 2 rings (SSSR count). The molecule has 0 aromatic heterocycles. The van der Waals surface area contributed by atoms with Gasteiger partial charge in [-0.25, -0.2) is 9.59 Å². The molecule has 4 unspecified atom stereocenters. The molecule has 0 bridgehead atoms. The van der Waals surface area contributed by atoms with Gasteiger partial charge in [0.2, 0.25) is 17.6 Å². The molecule has 4 atom stereocenters. The van der Waals surface area contributed by atoms with Gasteiger partial charge in [-0.3, -0.25) is 19.2 Å². The summed E-state index contributed by atoms with van der Waals surface area (Å²) >= 11 is 0. The molecule has 1 aliphatic heterocycles. The predicted molar refractivity (Wildman–Crippen MR) is 160 cm³/mol. The molecule has 236 valence electrons. The van der Waals surface area contributed by atoms with Gasteiger partial charge in [0.1, 0.15) is 24.7 Å². The van der Waals surface area contributed by atoms with Gasteiger partial charge in [-0.2, -0.15) is 0 Å². The monoisotopic (exact) mass is 599 g/mol. The minimum absolute atomic E-state index is 0.0546. The second kappa shape index (κ2) is 16.4. The summed E-state index contributed by atoms with van der Waals surface area (Å²) in [5.74, 6) is -3.24. The first-order valence-corrected chi connectivity index (χ1v) is 14.6. The summed E-state index contributed by atoms with van der Waals surface area (Å²) in [7, 11) is 0. The average molecular weight is 600 g/mol. The lowest BCUT2D eigenvalue weighted by Crippen LogP contribution is -2.60. The van der Waals surface area contributed by atoms with Gasteiger partial charge in [0, 0.05) is 13.1 Å². The van der Waals surface area contributed by atoms with Crippen molar-refractivity contribution in [3.8, 4) is 0 Å². The second-order valence-corrected chi connectivity index (χ2v) is 11.6. The summed E-state index contributed by atoms with van der Waals surface area (Å²) in [5, 5.41) is 10.3. The number of nitrogens with one attached hydrogen (secondary N) is 4. The molecule has 1 saturated heterocycles. The van der Waals surface area contributed by atoms with E-state index in [1.54, 1.807) is 20.8 Å². The Labute approximate surface area is 253 Å². The number of amides is 5. The summed E-state index contributed by atoms with van der Waals surface area (Å²) in [6, 6.07) is 4.44. The van der Waals surface area contributed by atoms with E-state index in [-0.39, 0.29) is 26.1 Å². The Morgan fingerprint density at radius 1 is 1.07 bits per heavy atom. The highest BCUT2D eigenvalue weighted by Crippen LogP contribution is 2.26. The number of hydrogen-bond donors (Lipinski definition) is 4. The van der Waals surface area contributed by atoms with Gasteiger partial charge in [-0.05, 0) is 37.2 Å². The fraction of sp³-hybridized carbons (Fsp3) is 0.548. The van der Waals surface area contributed by atoms with Crippen molar-refractivity contribution >= 4 is 35.5 Å². The van der Waals surface area contributed by atoms with Crippen LogP contribution in [0.25, 0.3) is 0 Å². The molecule has 1 aliphatic rings. The van der Waals surface area contributed by atoms with E-state index in [2.05, 4.69) is 27.8 Å². The summed E-state index contributed by atoms with van der Waals surface area (Å²) in [5.41, 5.74) is 0.0513. The number of urea groups is 1. The van der Waals surface area contributed by atoms with Crippen LogP contribution in [0, 0.1) is 5.41 Å². The lowest BCUT2D eigenvalue weighted by molar-refractivity contribution is -0.146. The van der Waals surface area contributed by atoms with Gasteiger partial charge in [0.15, 0.2) is 0 Å². The number of rotatable bonds is 14. The van der Waals surface area contributed by atoms with Crippen LogP contribution in [-0.4, -0.2) is 77.7 Å². The van der Waals surface area contributed by atoms with Gasteiger partial charge in [0.05, 0.1) is 6.04 Å². The average Bonchev–Trinajstić information content (AvgIpc) is 3.46. The first kappa shape index (κ1) is 35.0. The van der Waals surface area contributed by atoms with Crippen molar-refractivity contribution in [2.24, 2.45) is 5.41 Å². The summed E-state index contributed by atoms with van der Waals surface area (Å²) < 4.78 is 5.28. The number of carbonyl (C=O) groups is 6. The molecule has 1 heterocycles. The lowest BCUT2D eigenvalue weighted by Gasteiger charge is -2.35. The van der Waals surface area contributed by atoms with E-state index in [1.807, 2.05) is 37.3 Å². The summed E-state index contributed by atoms with van der Waals surface area (Å²) in [6.45, 7) is 12.6. The number of benzene rings is 1. The number of nitrogens with zero attached hydrogens (tertiary/aromatic N) is 1. The minimum atomic E-state index is -1.04. The van der Waals surface area contributed by atoms with Crippen LogP contribution >= 0.6 is 0 Å². The molecule has 0 aliphatic carbocycles. The maximum absolute atomic E-state index is 13.8. The van der Waals surface area contributed by atoms with E-state index in [0.29, 0.717) is 19.3 Å².